The van der Waals surface area contributed by atoms with Gasteiger partial charge >= 0.3 is 5.92 Å². The summed E-state index contributed by atoms with van der Waals surface area (Å²) in [6.45, 7) is 0. The molecule has 2 rings (SSSR count). The summed E-state index contributed by atoms with van der Waals surface area (Å²) < 4.78 is 28.9. The normalized spacial score (nSPS) is 13.3. The average molecular weight is 313 g/mol. The highest BCUT2D eigenvalue weighted by Crippen LogP contribution is 2.40. The lowest BCUT2D eigenvalue weighted by molar-refractivity contribution is -0.117. The van der Waals surface area contributed by atoms with Crippen LogP contribution in [0.15, 0.2) is 59.1 Å². The summed E-state index contributed by atoms with van der Waals surface area (Å²) in [4.78, 5) is 0. The van der Waals surface area contributed by atoms with E-state index in [1.165, 1.54) is 36.4 Å². The Morgan fingerprint density at radius 2 is 1.50 bits per heavy atom. The van der Waals surface area contributed by atoms with Crippen LogP contribution < -0.4 is 0 Å². The minimum Gasteiger partial charge on any atom is -0.382 e. The van der Waals surface area contributed by atoms with Gasteiger partial charge in [-0.25, -0.2) is 0 Å². The first kappa shape index (κ1) is 13.2. The third-order valence-corrected chi connectivity index (χ3v) is 3.22. The van der Waals surface area contributed by atoms with Gasteiger partial charge in [0.1, 0.15) is 6.10 Å². The summed E-state index contributed by atoms with van der Waals surface area (Å²) in [6.07, 6.45) is -1.85. The molecule has 0 aliphatic rings. The Morgan fingerprint density at radius 3 is 2.06 bits per heavy atom. The lowest BCUT2D eigenvalue weighted by Gasteiger charge is -2.23. The largest absolute Gasteiger partial charge is 0.382 e. The van der Waals surface area contributed by atoms with Crippen molar-refractivity contribution in [3.05, 3.63) is 70.2 Å². The minimum absolute atomic E-state index is 0.199. The van der Waals surface area contributed by atoms with Gasteiger partial charge in [0.25, 0.3) is 0 Å². The first-order valence-electron chi connectivity index (χ1n) is 5.38. The number of halogens is 3. The van der Waals surface area contributed by atoms with Gasteiger partial charge in [-0.1, -0.05) is 58.4 Å². The fourth-order valence-corrected chi connectivity index (χ4v) is 1.94. The zero-order valence-electron chi connectivity index (χ0n) is 9.35. The van der Waals surface area contributed by atoms with E-state index in [9.17, 15) is 13.9 Å². The number of aliphatic hydroxyl groups is 1. The van der Waals surface area contributed by atoms with E-state index >= 15 is 0 Å². The molecule has 0 saturated carbocycles. The van der Waals surface area contributed by atoms with Gasteiger partial charge < -0.3 is 5.11 Å². The maximum Gasteiger partial charge on any atom is 0.302 e. The maximum atomic E-state index is 14.1. The van der Waals surface area contributed by atoms with Crippen LogP contribution in [0, 0.1) is 0 Å². The van der Waals surface area contributed by atoms with Crippen LogP contribution in [-0.4, -0.2) is 5.11 Å². The van der Waals surface area contributed by atoms with Crippen LogP contribution in [0.4, 0.5) is 8.78 Å². The van der Waals surface area contributed by atoms with E-state index in [1.54, 1.807) is 18.2 Å². The Labute approximate surface area is 112 Å². The molecule has 1 nitrogen and oxygen atoms in total. The molecular weight excluding hydrogens is 302 g/mol. The van der Waals surface area contributed by atoms with Crippen molar-refractivity contribution in [2.45, 2.75) is 12.0 Å². The van der Waals surface area contributed by atoms with Crippen LogP contribution in [0.25, 0.3) is 0 Å². The molecule has 0 bridgehead atoms. The first-order chi connectivity index (χ1) is 8.51. The van der Waals surface area contributed by atoms with E-state index in [-0.39, 0.29) is 11.1 Å². The van der Waals surface area contributed by atoms with Crippen molar-refractivity contribution in [2.75, 3.05) is 0 Å². The lowest BCUT2D eigenvalue weighted by Crippen LogP contribution is -2.23. The van der Waals surface area contributed by atoms with Gasteiger partial charge in [0, 0.05) is 10.0 Å². The molecule has 2 aromatic rings. The van der Waals surface area contributed by atoms with Crippen molar-refractivity contribution in [3.63, 3.8) is 0 Å². The molecule has 0 fully saturated rings. The second kappa shape index (κ2) is 5.16. The molecule has 0 saturated heterocycles. The summed E-state index contributed by atoms with van der Waals surface area (Å²) in [6, 6.07) is 13.6. The zero-order valence-corrected chi connectivity index (χ0v) is 10.9. The standard InChI is InChI=1S/C14H11BrF2O/c15-12-8-6-11(7-9-12)14(16,17)13(18)10-4-2-1-3-5-10/h1-9,13,18H. The van der Waals surface area contributed by atoms with Crippen molar-refractivity contribution < 1.29 is 13.9 Å². The number of alkyl halides is 2. The second-order valence-corrected chi connectivity index (χ2v) is 4.86. The molecule has 1 unspecified atom stereocenters. The summed E-state index contributed by atoms with van der Waals surface area (Å²) in [7, 11) is 0. The Hall–Kier alpha value is -1.26. The molecule has 0 radical (unpaired) electrons. The highest BCUT2D eigenvalue weighted by molar-refractivity contribution is 9.10. The van der Waals surface area contributed by atoms with Crippen LogP contribution in [0.5, 0.6) is 0 Å². The number of aliphatic hydroxyl groups excluding tert-OH is 1. The molecular formula is C14H11BrF2O. The third kappa shape index (κ3) is 2.60. The fourth-order valence-electron chi connectivity index (χ4n) is 1.67. The Bertz CT molecular complexity index is 511. The van der Waals surface area contributed by atoms with Crippen LogP contribution in [-0.2, 0) is 5.92 Å². The molecule has 0 spiro atoms. The van der Waals surface area contributed by atoms with E-state index in [4.69, 9.17) is 0 Å². The van der Waals surface area contributed by atoms with Gasteiger partial charge in [0.2, 0.25) is 0 Å². The van der Waals surface area contributed by atoms with Crippen LogP contribution >= 0.6 is 15.9 Å². The monoisotopic (exact) mass is 312 g/mol. The summed E-state index contributed by atoms with van der Waals surface area (Å²) >= 11 is 3.19. The molecule has 1 N–H and O–H groups in total. The van der Waals surface area contributed by atoms with Crippen LogP contribution in [0.1, 0.15) is 17.2 Å². The number of hydrogen-bond acceptors (Lipinski definition) is 1. The molecule has 0 aliphatic heterocycles. The fraction of sp³-hybridized carbons (Fsp3) is 0.143. The first-order valence-corrected chi connectivity index (χ1v) is 6.18. The van der Waals surface area contributed by atoms with Crippen molar-refractivity contribution in [2.24, 2.45) is 0 Å². The highest BCUT2D eigenvalue weighted by Gasteiger charge is 2.41. The van der Waals surface area contributed by atoms with Gasteiger partial charge in [-0.05, 0) is 17.7 Å². The van der Waals surface area contributed by atoms with Gasteiger partial charge in [-0.3, -0.25) is 0 Å². The molecule has 94 valence electrons. The van der Waals surface area contributed by atoms with Crippen LogP contribution in [0.3, 0.4) is 0 Å². The number of benzene rings is 2. The Kier molecular flexibility index (Phi) is 3.78. The van der Waals surface area contributed by atoms with Crippen molar-refractivity contribution >= 4 is 15.9 Å². The number of hydrogen-bond donors (Lipinski definition) is 1. The Balaban J connectivity index is 2.33. The highest BCUT2D eigenvalue weighted by atomic mass is 79.9. The van der Waals surface area contributed by atoms with Crippen molar-refractivity contribution in [1.82, 2.24) is 0 Å². The van der Waals surface area contributed by atoms with E-state index < -0.39 is 12.0 Å². The van der Waals surface area contributed by atoms with Gasteiger partial charge in [-0.2, -0.15) is 8.78 Å². The molecule has 0 amide bonds. The van der Waals surface area contributed by atoms with Crippen molar-refractivity contribution in [3.8, 4) is 0 Å². The second-order valence-electron chi connectivity index (χ2n) is 3.94. The minimum atomic E-state index is -3.32. The molecule has 2 aromatic carbocycles. The van der Waals surface area contributed by atoms with Gasteiger partial charge in [0.05, 0.1) is 0 Å². The van der Waals surface area contributed by atoms with Gasteiger partial charge in [-0.15, -0.1) is 0 Å². The van der Waals surface area contributed by atoms with Crippen molar-refractivity contribution in [1.29, 1.82) is 0 Å². The zero-order chi connectivity index (χ0) is 13.2. The van der Waals surface area contributed by atoms with E-state index in [0.29, 0.717) is 0 Å². The van der Waals surface area contributed by atoms with Gasteiger partial charge in [0.15, 0.2) is 0 Å². The quantitative estimate of drug-likeness (QED) is 0.897. The third-order valence-electron chi connectivity index (χ3n) is 2.69. The predicted molar refractivity (Wildman–Crippen MR) is 69.4 cm³/mol. The predicted octanol–water partition coefficient (Wildman–Crippen LogP) is 4.27. The topological polar surface area (TPSA) is 20.2 Å². The number of rotatable bonds is 3. The average Bonchev–Trinajstić information content (AvgIpc) is 2.39. The molecule has 1 atom stereocenters. The van der Waals surface area contributed by atoms with Crippen LogP contribution in [0.2, 0.25) is 0 Å². The summed E-state index contributed by atoms with van der Waals surface area (Å²) in [5.41, 5.74) is -0.00697. The molecule has 0 aliphatic carbocycles. The summed E-state index contributed by atoms with van der Waals surface area (Å²) in [5, 5.41) is 9.81. The van der Waals surface area contributed by atoms with E-state index in [0.717, 1.165) is 4.47 Å². The smallest absolute Gasteiger partial charge is 0.302 e. The molecule has 0 aromatic heterocycles. The maximum absolute atomic E-state index is 14.1. The summed E-state index contributed by atoms with van der Waals surface area (Å²) in [5.74, 6) is -3.32. The SMILES string of the molecule is OC(c1ccccc1)C(F)(F)c1ccc(Br)cc1. The molecule has 18 heavy (non-hydrogen) atoms. The van der Waals surface area contributed by atoms with E-state index in [2.05, 4.69) is 15.9 Å². The molecule has 0 heterocycles. The lowest BCUT2D eigenvalue weighted by atomic mass is 9.97. The Morgan fingerprint density at radius 1 is 0.944 bits per heavy atom. The molecule has 4 heteroatoms. The van der Waals surface area contributed by atoms with E-state index in [1.807, 2.05) is 0 Å².